The zero-order valence-electron chi connectivity index (χ0n) is 37.0. The van der Waals surface area contributed by atoms with E-state index >= 15 is 0 Å². The Morgan fingerprint density at radius 1 is 0.364 bits per heavy atom. The van der Waals surface area contributed by atoms with Gasteiger partial charge in [-0.3, -0.25) is 0 Å². The summed E-state index contributed by atoms with van der Waals surface area (Å²) in [6.07, 6.45) is 35.9. The fraction of sp³-hybridized carbons (Fsp3) is 0.692. The Balaban J connectivity index is 0.000000823. The van der Waals surface area contributed by atoms with Gasteiger partial charge in [0.15, 0.2) is 0 Å². The first-order valence-corrected chi connectivity index (χ1v) is 25.0. The molecule has 2 aromatic rings. The number of aryl methyl sites for hydroxylation is 2. The van der Waals surface area contributed by atoms with Gasteiger partial charge in [0.2, 0.25) is 11.4 Å². The Kier molecular flexibility index (Phi) is 29.5. The zero-order chi connectivity index (χ0) is 39.8. The van der Waals surface area contributed by atoms with Gasteiger partial charge in [-0.15, -0.1) is 0 Å². The number of rotatable bonds is 32. The molecule has 0 unspecified atom stereocenters. The summed E-state index contributed by atoms with van der Waals surface area (Å²) >= 11 is 1.97. The van der Waals surface area contributed by atoms with E-state index in [2.05, 4.69) is 90.1 Å². The van der Waals surface area contributed by atoms with E-state index in [0.29, 0.717) is 0 Å². The minimum atomic E-state index is 1.03. The summed E-state index contributed by atoms with van der Waals surface area (Å²) in [7, 11) is 0. The van der Waals surface area contributed by atoms with Gasteiger partial charge in [0.1, 0.15) is 0 Å². The van der Waals surface area contributed by atoms with Crippen molar-refractivity contribution in [2.45, 2.75) is 232 Å². The molecule has 1 aliphatic rings. The molecule has 0 aromatic heterocycles. The summed E-state index contributed by atoms with van der Waals surface area (Å²) in [5.74, 6) is 0. The Labute approximate surface area is 348 Å². The van der Waals surface area contributed by atoms with Gasteiger partial charge in [0.05, 0.1) is 0 Å². The Bertz CT molecular complexity index is 1290. The molecule has 0 bridgehead atoms. The van der Waals surface area contributed by atoms with Crippen molar-refractivity contribution in [2.24, 2.45) is 0 Å². The SMILES string of the molecule is CCCCCCCCC1=C(c2ccc(CCCC)cc2)[N+](=[N-])C(c2ccc(CCCCCCCC)cc2)=C1CCCCCC.CCCC[CH2][Ni][CH2]CCCC. The Hall–Kier alpha value is -1.99. The van der Waals surface area contributed by atoms with Gasteiger partial charge >= 0.3 is 77.6 Å². The van der Waals surface area contributed by atoms with E-state index in [9.17, 15) is 5.53 Å². The monoisotopic (exact) mass is 797 g/mol. The summed E-state index contributed by atoms with van der Waals surface area (Å²) in [6.45, 7) is 13.7. The molecule has 2 aromatic carbocycles. The Morgan fingerprint density at radius 3 is 1.07 bits per heavy atom. The summed E-state index contributed by atoms with van der Waals surface area (Å²) < 4.78 is 1.57. The maximum atomic E-state index is 12.0. The molecule has 3 heteroatoms. The quantitative estimate of drug-likeness (QED) is 0.0400. The van der Waals surface area contributed by atoms with Crippen LogP contribution in [0.1, 0.15) is 231 Å². The van der Waals surface area contributed by atoms with Crippen LogP contribution < -0.4 is 0 Å². The van der Waals surface area contributed by atoms with Gasteiger partial charge in [0, 0.05) is 22.3 Å². The van der Waals surface area contributed by atoms with Crippen molar-refractivity contribution in [1.29, 1.82) is 0 Å². The van der Waals surface area contributed by atoms with Crippen molar-refractivity contribution in [3.05, 3.63) is 87.5 Å². The molecule has 0 spiro atoms. The number of allylic oxidation sites excluding steroid dienone is 2. The summed E-state index contributed by atoms with van der Waals surface area (Å²) in [6, 6.07) is 18.2. The van der Waals surface area contributed by atoms with Crippen molar-refractivity contribution < 1.29 is 19.1 Å². The molecule has 2 nitrogen and oxygen atoms in total. The van der Waals surface area contributed by atoms with E-state index in [-0.39, 0.29) is 0 Å². The van der Waals surface area contributed by atoms with Gasteiger partial charge in [0.25, 0.3) is 0 Å². The third-order valence-electron chi connectivity index (χ3n) is 11.2. The number of hydrogen-bond acceptors (Lipinski definition) is 0. The van der Waals surface area contributed by atoms with E-state index in [1.807, 2.05) is 14.4 Å². The first-order valence-electron chi connectivity index (χ1n) is 23.6. The summed E-state index contributed by atoms with van der Waals surface area (Å²) in [5.41, 5.74) is 21.9. The zero-order valence-corrected chi connectivity index (χ0v) is 38.0. The number of hydrogen-bond donors (Lipinski definition) is 0. The molecule has 3 rings (SSSR count). The molecule has 0 radical (unpaired) electrons. The predicted octanol–water partition coefficient (Wildman–Crippen LogP) is 18.1. The molecule has 0 fully saturated rings. The van der Waals surface area contributed by atoms with Crippen LogP contribution in [0.15, 0.2) is 59.7 Å². The Morgan fingerprint density at radius 2 is 0.673 bits per heavy atom. The predicted molar refractivity (Wildman–Crippen MR) is 241 cm³/mol. The second-order valence-corrected chi connectivity index (χ2v) is 17.7. The second-order valence-electron chi connectivity index (χ2n) is 16.2. The van der Waals surface area contributed by atoms with Crippen LogP contribution in [0.4, 0.5) is 0 Å². The molecular weight excluding hydrogens is 711 g/mol. The van der Waals surface area contributed by atoms with Crippen molar-refractivity contribution >= 4 is 11.4 Å². The van der Waals surface area contributed by atoms with Crippen LogP contribution in [0.25, 0.3) is 16.9 Å². The summed E-state index contributed by atoms with van der Waals surface area (Å²) in [4.78, 5) is 0. The van der Waals surface area contributed by atoms with Gasteiger partial charge in [-0.1, -0.05) is 142 Å². The first-order chi connectivity index (χ1) is 27.1. The average Bonchev–Trinajstić information content (AvgIpc) is 3.48. The average molecular weight is 798 g/mol. The molecule has 0 saturated heterocycles. The molecule has 1 heterocycles. The van der Waals surface area contributed by atoms with Crippen LogP contribution >= 0.6 is 0 Å². The fourth-order valence-electron chi connectivity index (χ4n) is 7.64. The third kappa shape index (κ3) is 20.3. The molecule has 0 amide bonds. The van der Waals surface area contributed by atoms with Crippen molar-refractivity contribution in [3.8, 4) is 0 Å². The topological polar surface area (TPSA) is 25.3 Å². The van der Waals surface area contributed by atoms with Crippen LogP contribution in [0.2, 0.25) is 10.8 Å². The molecule has 0 saturated carbocycles. The normalized spacial score (nSPS) is 12.9. The van der Waals surface area contributed by atoms with Crippen molar-refractivity contribution in [3.63, 3.8) is 0 Å². The standard InChI is InChI=1S/C42H64N2.2C5H11.Ni/c1-5-9-13-16-18-20-24-36-29-33-38(34-30-36)41-39(25-21-15-11-7-3)40(26-22-19-17-14-10-6-2)42(44(41)43)37-31-27-35(28-32-37)23-12-8-4;2*1-3-5-4-2;/h27-34H,5-26H2,1-4H3;2*1,3-5H2,2H3;. The second kappa shape index (κ2) is 33.0. The van der Waals surface area contributed by atoms with Crippen LogP contribution in [-0.2, 0) is 27.3 Å². The van der Waals surface area contributed by atoms with Crippen LogP contribution in [-0.4, -0.2) is 4.70 Å². The number of benzene rings is 2. The number of unbranched alkanes of at least 4 members (excludes halogenated alkanes) is 18. The van der Waals surface area contributed by atoms with Gasteiger partial charge in [-0.05, 0) is 86.8 Å². The van der Waals surface area contributed by atoms with E-state index in [0.717, 1.165) is 48.2 Å². The number of nitrogens with zero attached hydrogens (tertiary/aromatic N) is 2. The van der Waals surface area contributed by atoms with Crippen LogP contribution in [0.5, 0.6) is 0 Å². The van der Waals surface area contributed by atoms with E-state index in [1.54, 1.807) is 4.70 Å². The van der Waals surface area contributed by atoms with Gasteiger partial charge in [-0.25, -0.2) is 4.70 Å². The van der Waals surface area contributed by atoms with Crippen molar-refractivity contribution in [2.75, 3.05) is 0 Å². The van der Waals surface area contributed by atoms with Gasteiger partial charge in [-0.2, -0.15) is 0 Å². The molecule has 314 valence electrons. The molecule has 0 N–H and O–H groups in total. The van der Waals surface area contributed by atoms with E-state index < -0.39 is 0 Å². The van der Waals surface area contributed by atoms with E-state index in [4.69, 9.17) is 0 Å². The van der Waals surface area contributed by atoms with E-state index in [1.165, 1.54) is 187 Å². The summed E-state index contributed by atoms with van der Waals surface area (Å²) in [5, 5.41) is 2.81. The van der Waals surface area contributed by atoms with Crippen molar-refractivity contribution in [1.82, 2.24) is 0 Å². The van der Waals surface area contributed by atoms with Crippen LogP contribution in [0.3, 0.4) is 0 Å². The third-order valence-corrected chi connectivity index (χ3v) is 12.6. The molecule has 0 atom stereocenters. The molecule has 1 aliphatic heterocycles. The minimum absolute atomic E-state index is 1.03. The van der Waals surface area contributed by atoms with Gasteiger partial charge < -0.3 is 5.53 Å². The molecule has 55 heavy (non-hydrogen) atoms. The molecular formula is C52H86N2Ni. The molecule has 0 aliphatic carbocycles. The first kappa shape index (κ1) is 49.2. The van der Waals surface area contributed by atoms with Crippen LogP contribution in [0, 0.1) is 0 Å². The fourth-order valence-corrected chi connectivity index (χ4v) is 8.87. The maximum absolute atomic E-state index is 12.0.